The summed E-state index contributed by atoms with van der Waals surface area (Å²) in [5.74, 6) is -1.84. The van der Waals surface area contributed by atoms with Crippen molar-refractivity contribution in [1.29, 1.82) is 0 Å². The van der Waals surface area contributed by atoms with Gasteiger partial charge in [0, 0.05) is 0 Å². The van der Waals surface area contributed by atoms with Gasteiger partial charge in [0.15, 0.2) is 0 Å². The molecule has 0 unspecified atom stereocenters. The molecule has 0 aliphatic carbocycles. The lowest BCUT2D eigenvalue weighted by atomic mass is 10.3. The normalized spacial score (nSPS) is 11.4. The molecule has 2 N–H and O–H groups in total. The van der Waals surface area contributed by atoms with Crippen LogP contribution in [0.4, 0.5) is 10.1 Å². The number of carbonyl (C=O) groups is 1. The Morgan fingerprint density at radius 1 is 1.29 bits per heavy atom. The molecule has 0 aliphatic rings. The Morgan fingerprint density at radius 2 is 1.95 bits per heavy atom. The summed E-state index contributed by atoms with van der Waals surface area (Å²) in [7, 11) is -4.02. The van der Waals surface area contributed by atoms with Crippen molar-refractivity contribution in [3.8, 4) is 0 Å². The maximum Gasteiger partial charge on any atom is 0.345 e. The zero-order valence-electron chi connectivity index (χ0n) is 9.93. The van der Waals surface area contributed by atoms with Gasteiger partial charge in [-0.1, -0.05) is 0 Å². The van der Waals surface area contributed by atoms with E-state index in [9.17, 15) is 17.6 Å². The van der Waals surface area contributed by atoms with E-state index in [-0.39, 0.29) is 23.7 Å². The maximum atomic E-state index is 13.4. The second-order valence-electron chi connectivity index (χ2n) is 3.79. The summed E-state index contributed by atoms with van der Waals surface area (Å²) in [5.41, 5.74) is 0.0330. The molecular weight excluding hydrogens is 453 g/mol. The van der Waals surface area contributed by atoms with Gasteiger partial charge in [-0.3, -0.25) is 4.72 Å². The molecule has 0 aliphatic heterocycles. The molecule has 2 rings (SSSR count). The van der Waals surface area contributed by atoms with Crippen LogP contribution in [0.3, 0.4) is 0 Å². The van der Waals surface area contributed by atoms with Gasteiger partial charge in [-0.25, -0.2) is 17.6 Å². The fourth-order valence-corrected chi connectivity index (χ4v) is 5.11. The van der Waals surface area contributed by atoms with Crippen molar-refractivity contribution in [3.63, 3.8) is 0 Å². The number of sulfonamides is 1. The first-order valence-electron chi connectivity index (χ1n) is 5.21. The zero-order valence-corrected chi connectivity index (χ0v) is 14.7. The molecule has 0 atom stereocenters. The van der Waals surface area contributed by atoms with Crippen molar-refractivity contribution >= 4 is 64.9 Å². The summed E-state index contributed by atoms with van der Waals surface area (Å²) in [6, 6.07) is 4.79. The summed E-state index contributed by atoms with van der Waals surface area (Å²) in [5, 5.41) is 8.86. The molecule has 0 spiro atoms. The lowest BCUT2D eigenvalue weighted by molar-refractivity contribution is 0.0702. The molecule has 21 heavy (non-hydrogen) atoms. The lowest BCUT2D eigenvalue weighted by Crippen LogP contribution is -2.12. The Balaban J connectivity index is 2.38. The van der Waals surface area contributed by atoms with Crippen LogP contribution >= 0.6 is 43.2 Å². The van der Waals surface area contributed by atoms with E-state index in [0.29, 0.717) is 0 Å². The molecule has 0 saturated heterocycles. The Labute approximate surface area is 140 Å². The third-order valence-corrected chi connectivity index (χ3v) is 6.59. The standard InChI is InChI=1S/C11H6Br2FNO4S2/c12-6-2-1-5(3-7(6)14)15-21(18,19)9-4-8(11(16)17)20-10(9)13/h1-4,15H,(H,16,17). The van der Waals surface area contributed by atoms with E-state index >= 15 is 0 Å². The van der Waals surface area contributed by atoms with Gasteiger partial charge in [0.2, 0.25) is 0 Å². The van der Waals surface area contributed by atoms with Crippen LogP contribution in [0.1, 0.15) is 9.67 Å². The number of carboxylic acids is 1. The molecular formula is C11H6Br2FNO4S2. The van der Waals surface area contributed by atoms with E-state index in [0.717, 1.165) is 23.5 Å². The number of carboxylic acid groups (broad SMARTS) is 1. The van der Waals surface area contributed by atoms with Crippen LogP contribution < -0.4 is 4.72 Å². The molecule has 1 heterocycles. The van der Waals surface area contributed by atoms with Crippen LogP contribution in [-0.2, 0) is 10.0 Å². The number of halogens is 3. The van der Waals surface area contributed by atoms with Crippen molar-refractivity contribution in [3.05, 3.63) is 43.2 Å². The van der Waals surface area contributed by atoms with Gasteiger partial charge in [0.25, 0.3) is 10.0 Å². The summed E-state index contributed by atoms with van der Waals surface area (Å²) in [6.45, 7) is 0. The number of hydrogen-bond donors (Lipinski definition) is 2. The topological polar surface area (TPSA) is 83.5 Å². The van der Waals surface area contributed by atoms with Crippen LogP contribution in [0, 0.1) is 5.82 Å². The molecule has 0 radical (unpaired) electrons. The van der Waals surface area contributed by atoms with E-state index in [1.54, 1.807) is 0 Å². The van der Waals surface area contributed by atoms with Crippen molar-refractivity contribution in [1.82, 2.24) is 0 Å². The molecule has 2 aromatic rings. The van der Waals surface area contributed by atoms with E-state index < -0.39 is 21.8 Å². The lowest BCUT2D eigenvalue weighted by Gasteiger charge is -2.07. The molecule has 10 heteroatoms. The first-order valence-corrected chi connectivity index (χ1v) is 9.10. The predicted molar refractivity (Wildman–Crippen MR) is 83.9 cm³/mol. The van der Waals surface area contributed by atoms with Crippen molar-refractivity contribution < 1.29 is 22.7 Å². The highest BCUT2D eigenvalue weighted by Gasteiger charge is 2.23. The van der Waals surface area contributed by atoms with E-state index in [4.69, 9.17) is 5.11 Å². The highest BCUT2D eigenvalue weighted by atomic mass is 79.9. The van der Waals surface area contributed by atoms with Crippen molar-refractivity contribution in [2.75, 3.05) is 4.72 Å². The molecule has 0 amide bonds. The average molecular weight is 459 g/mol. The van der Waals surface area contributed by atoms with Crippen LogP contribution in [0.25, 0.3) is 0 Å². The molecule has 1 aromatic carbocycles. The minimum absolute atomic E-state index is 0.0330. The summed E-state index contributed by atoms with van der Waals surface area (Å²) < 4.78 is 40.3. The number of benzene rings is 1. The fraction of sp³-hybridized carbons (Fsp3) is 0. The van der Waals surface area contributed by atoms with Gasteiger partial charge in [-0.15, -0.1) is 11.3 Å². The number of rotatable bonds is 4. The van der Waals surface area contributed by atoms with Crippen molar-refractivity contribution in [2.45, 2.75) is 4.90 Å². The van der Waals surface area contributed by atoms with Crippen LogP contribution in [0.15, 0.2) is 37.4 Å². The minimum Gasteiger partial charge on any atom is -0.477 e. The van der Waals surface area contributed by atoms with Crippen LogP contribution in [0.5, 0.6) is 0 Å². The molecule has 5 nitrogen and oxygen atoms in total. The Bertz CT molecular complexity index is 820. The molecule has 0 fully saturated rings. The van der Waals surface area contributed by atoms with E-state index in [2.05, 4.69) is 36.6 Å². The number of thiophene rings is 1. The first kappa shape index (κ1) is 16.4. The third-order valence-electron chi connectivity index (χ3n) is 2.33. The minimum atomic E-state index is -4.02. The van der Waals surface area contributed by atoms with Crippen LogP contribution in [0.2, 0.25) is 0 Å². The van der Waals surface area contributed by atoms with Gasteiger partial charge in [-0.2, -0.15) is 0 Å². The third kappa shape index (κ3) is 3.62. The van der Waals surface area contributed by atoms with E-state index in [1.165, 1.54) is 12.1 Å². The van der Waals surface area contributed by atoms with Gasteiger partial charge in [0.05, 0.1) is 13.9 Å². The maximum absolute atomic E-state index is 13.4. The SMILES string of the molecule is O=C(O)c1cc(S(=O)(=O)Nc2ccc(Br)c(F)c2)c(Br)s1. The molecule has 0 bridgehead atoms. The number of aromatic carboxylic acids is 1. The summed E-state index contributed by atoms with van der Waals surface area (Å²) in [4.78, 5) is 10.5. The largest absolute Gasteiger partial charge is 0.477 e. The molecule has 0 saturated carbocycles. The van der Waals surface area contributed by atoms with Gasteiger partial charge < -0.3 is 5.11 Å². The fourth-order valence-electron chi connectivity index (χ4n) is 1.41. The average Bonchev–Trinajstić information content (AvgIpc) is 2.77. The number of nitrogens with one attached hydrogen (secondary N) is 1. The summed E-state index contributed by atoms with van der Waals surface area (Å²) >= 11 is 6.76. The second-order valence-corrected chi connectivity index (χ2v) is 8.66. The second kappa shape index (κ2) is 6.03. The summed E-state index contributed by atoms with van der Waals surface area (Å²) in [6.07, 6.45) is 0. The number of anilines is 1. The Hall–Kier alpha value is -0.970. The zero-order chi connectivity index (χ0) is 15.8. The molecule has 112 valence electrons. The Morgan fingerprint density at radius 3 is 2.48 bits per heavy atom. The first-order chi connectivity index (χ1) is 9.70. The highest BCUT2D eigenvalue weighted by molar-refractivity contribution is 9.11. The quantitative estimate of drug-likeness (QED) is 0.727. The van der Waals surface area contributed by atoms with Gasteiger partial charge in [-0.05, 0) is 56.1 Å². The van der Waals surface area contributed by atoms with Gasteiger partial charge >= 0.3 is 5.97 Å². The van der Waals surface area contributed by atoms with Gasteiger partial charge in [0.1, 0.15) is 15.6 Å². The predicted octanol–water partition coefficient (Wildman–Crippen LogP) is 3.91. The van der Waals surface area contributed by atoms with Crippen LogP contribution in [-0.4, -0.2) is 19.5 Å². The highest BCUT2D eigenvalue weighted by Crippen LogP contribution is 2.33. The smallest absolute Gasteiger partial charge is 0.345 e. The van der Waals surface area contributed by atoms with Crippen molar-refractivity contribution in [2.24, 2.45) is 0 Å². The monoisotopic (exact) mass is 457 g/mol. The Kier molecular flexibility index (Phi) is 4.71. The number of hydrogen-bond acceptors (Lipinski definition) is 4. The van der Waals surface area contributed by atoms with E-state index in [1.807, 2.05) is 0 Å². The molecule has 1 aromatic heterocycles.